The van der Waals surface area contributed by atoms with Crippen LogP contribution in [0.25, 0.3) is 0 Å². The second-order valence-electron chi connectivity index (χ2n) is 8.86. The molecule has 1 saturated heterocycles. The van der Waals surface area contributed by atoms with Gasteiger partial charge in [0.05, 0.1) is 11.3 Å². The number of amides is 1. The summed E-state index contributed by atoms with van der Waals surface area (Å²) in [6, 6.07) is 4.21. The molecule has 3 aliphatic rings. The van der Waals surface area contributed by atoms with Crippen LogP contribution in [0.3, 0.4) is 0 Å². The van der Waals surface area contributed by atoms with E-state index in [1.165, 1.54) is 4.88 Å². The van der Waals surface area contributed by atoms with Gasteiger partial charge >= 0.3 is 0 Å². The van der Waals surface area contributed by atoms with Crippen LogP contribution < -0.4 is 5.56 Å². The van der Waals surface area contributed by atoms with Crippen molar-refractivity contribution in [2.75, 3.05) is 19.6 Å². The third-order valence-electron chi connectivity index (χ3n) is 6.67. The van der Waals surface area contributed by atoms with Crippen LogP contribution in [0.4, 0.5) is 0 Å². The molecule has 2 aliphatic heterocycles. The molecular weight excluding hydrogens is 384 g/mol. The van der Waals surface area contributed by atoms with Crippen molar-refractivity contribution in [3.63, 3.8) is 0 Å². The lowest BCUT2D eigenvalue weighted by Crippen LogP contribution is -2.41. The summed E-state index contributed by atoms with van der Waals surface area (Å²) in [6.07, 6.45) is 3.80. The fourth-order valence-electron chi connectivity index (χ4n) is 4.75. The lowest BCUT2D eigenvalue weighted by Gasteiger charge is -2.33. The molecule has 1 N–H and O–H groups in total. The predicted octanol–water partition coefficient (Wildman–Crippen LogP) is 2.75. The maximum Gasteiger partial charge on any atom is 0.255 e. The maximum absolute atomic E-state index is 12.9. The van der Waals surface area contributed by atoms with Crippen LogP contribution in [0.15, 0.2) is 22.3 Å². The van der Waals surface area contributed by atoms with Gasteiger partial charge in [-0.1, -0.05) is 13.0 Å². The van der Waals surface area contributed by atoms with E-state index in [-0.39, 0.29) is 17.4 Å². The lowest BCUT2D eigenvalue weighted by atomic mass is 9.96. The number of nitrogens with one attached hydrogen (secondary N) is 1. The second kappa shape index (κ2) is 7.69. The van der Waals surface area contributed by atoms with Gasteiger partial charge in [-0.15, -0.1) is 11.3 Å². The second-order valence-corrected chi connectivity index (χ2v) is 9.89. The number of rotatable bonds is 4. The Kier molecular flexibility index (Phi) is 5.04. The minimum absolute atomic E-state index is 0.000134. The first-order valence-electron chi connectivity index (χ1n) is 10.7. The molecule has 0 bridgehead atoms. The molecule has 2 aromatic heterocycles. The molecule has 3 atom stereocenters. The van der Waals surface area contributed by atoms with Crippen molar-refractivity contribution in [1.29, 1.82) is 0 Å². The minimum Gasteiger partial charge on any atom is -0.342 e. The Bertz CT molecular complexity index is 954. The van der Waals surface area contributed by atoms with Gasteiger partial charge in [-0.3, -0.25) is 14.5 Å². The van der Waals surface area contributed by atoms with Crippen LogP contribution in [0, 0.1) is 11.8 Å². The highest BCUT2D eigenvalue weighted by Crippen LogP contribution is 2.40. The van der Waals surface area contributed by atoms with E-state index in [0.717, 1.165) is 62.4 Å². The highest BCUT2D eigenvalue weighted by molar-refractivity contribution is 7.09. The Balaban J connectivity index is 1.30. The van der Waals surface area contributed by atoms with Crippen molar-refractivity contribution >= 4 is 17.2 Å². The van der Waals surface area contributed by atoms with E-state index in [0.29, 0.717) is 24.9 Å². The van der Waals surface area contributed by atoms with Crippen LogP contribution in [-0.2, 0) is 24.3 Å². The van der Waals surface area contributed by atoms with E-state index >= 15 is 0 Å². The van der Waals surface area contributed by atoms with Crippen LogP contribution in [0.2, 0.25) is 0 Å². The quantitative estimate of drug-likeness (QED) is 0.838. The number of hydrogen-bond donors (Lipinski definition) is 1. The Hall–Kier alpha value is -1.99. The maximum atomic E-state index is 12.9. The highest BCUT2D eigenvalue weighted by atomic mass is 32.1. The third kappa shape index (κ3) is 3.90. The summed E-state index contributed by atoms with van der Waals surface area (Å²) in [5.41, 5.74) is 1.76. The zero-order valence-corrected chi connectivity index (χ0v) is 17.7. The zero-order valence-electron chi connectivity index (χ0n) is 16.9. The van der Waals surface area contributed by atoms with E-state index in [9.17, 15) is 9.59 Å². The molecule has 154 valence electrons. The van der Waals surface area contributed by atoms with Gasteiger partial charge in [0.1, 0.15) is 5.82 Å². The molecule has 5 rings (SSSR count). The summed E-state index contributed by atoms with van der Waals surface area (Å²) >= 11 is 1.76. The molecule has 6 nitrogen and oxygen atoms in total. The average Bonchev–Trinajstić information content (AvgIpc) is 3.24. The zero-order chi connectivity index (χ0) is 20.0. The summed E-state index contributed by atoms with van der Waals surface area (Å²) in [5, 5.41) is 2.09. The summed E-state index contributed by atoms with van der Waals surface area (Å²) in [5.74, 6) is 1.97. The summed E-state index contributed by atoms with van der Waals surface area (Å²) in [7, 11) is 0. The van der Waals surface area contributed by atoms with Crippen molar-refractivity contribution in [2.24, 2.45) is 11.8 Å². The third-order valence-corrected chi connectivity index (χ3v) is 7.53. The number of hydrogen-bond acceptors (Lipinski definition) is 5. The molecule has 29 heavy (non-hydrogen) atoms. The number of aromatic amines is 1. The predicted molar refractivity (Wildman–Crippen MR) is 113 cm³/mol. The van der Waals surface area contributed by atoms with Gasteiger partial charge in [-0.25, -0.2) is 4.98 Å². The molecule has 1 amide bonds. The highest BCUT2D eigenvalue weighted by Gasteiger charge is 2.42. The standard InChI is InChI=1S/C22H28N4O2S/c1-14-10-17(14)22(28)26-7-2-4-15(11-26)20-23-19-6-8-25(12-16-5-3-9-29-16)13-18(19)21(27)24-20/h3,5,9,14-15,17H,2,4,6-8,10-13H2,1H3,(H,23,24,27)/t14-,15+,17+/m1/s1. The number of aromatic nitrogens is 2. The molecule has 0 aromatic carbocycles. The topological polar surface area (TPSA) is 69.3 Å². The molecule has 2 fully saturated rings. The van der Waals surface area contributed by atoms with Gasteiger partial charge < -0.3 is 9.88 Å². The number of carbonyl (C=O) groups excluding carboxylic acids is 1. The smallest absolute Gasteiger partial charge is 0.255 e. The summed E-state index contributed by atoms with van der Waals surface area (Å²) in [6.45, 7) is 6.14. The number of likely N-dealkylation sites (tertiary alicyclic amines) is 1. The van der Waals surface area contributed by atoms with Gasteiger partial charge in [0.2, 0.25) is 5.91 Å². The van der Waals surface area contributed by atoms with E-state index in [1.54, 1.807) is 11.3 Å². The Morgan fingerprint density at radius 1 is 1.38 bits per heavy atom. The molecule has 1 saturated carbocycles. The van der Waals surface area contributed by atoms with Crippen LogP contribution in [0.1, 0.15) is 54.1 Å². The fourth-order valence-corrected chi connectivity index (χ4v) is 5.50. The van der Waals surface area contributed by atoms with Gasteiger partial charge in [0, 0.05) is 55.9 Å². The number of nitrogens with zero attached hydrogens (tertiary/aromatic N) is 3. The molecule has 4 heterocycles. The minimum atomic E-state index is 0.000134. The van der Waals surface area contributed by atoms with Gasteiger partial charge in [0.15, 0.2) is 0 Å². The normalized spacial score (nSPS) is 26.9. The number of H-pyrrole nitrogens is 1. The molecule has 7 heteroatoms. The first-order valence-corrected chi connectivity index (χ1v) is 11.6. The van der Waals surface area contributed by atoms with Crippen LogP contribution in [-0.4, -0.2) is 45.3 Å². The summed E-state index contributed by atoms with van der Waals surface area (Å²) < 4.78 is 0. The van der Waals surface area contributed by atoms with Crippen LogP contribution in [0.5, 0.6) is 0 Å². The molecule has 0 unspecified atom stereocenters. The Morgan fingerprint density at radius 3 is 3.00 bits per heavy atom. The van der Waals surface area contributed by atoms with Crippen molar-refractivity contribution in [3.8, 4) is 0 Å². The number of thiophene rings is 1. The molecule has 1 aliphatic carbocycles. The van der Waals surface area contributed by atoms with Gasteiger partial charge in [-0.05, 0) is 36.6 Å². The van der Waals surface area contributed by atoms with E-state index in [4.69, 9.17) is 4.98 Å². The Labute approximate surface area is 175 Å². The van der Waals surface area contributed by atoms with E-state index < -0.39 is 0 Å². The van der Waals surface area contributed by atoms with Crippen molar-refractivity contribution in [2.45, 2.75) is 51.6 Å². The molecule has 0 radical (unpaired) electrons. The number of piperidine rings is 1. The number of carbonyl (C=O) groups is 1. The van der Waals surface area contributed by atoms with Crippen molar-refractivity contribution in [3.05, 3.63) is 49.8 Å². The van der Waals surface area contributed by atoms with Crippen LogP contribution >= 0.6 is 11.3 Å². The Morgan fingerprint density at radius 2 is 2.24 bits per heavy atom. The molecular formula is C22H28N4O2S. The molecule has 2 aromatic rings. The average molecular weight is 413 g/mol. The van der Waals surface area contributed by atoms with Crippen molar-refractivity contribution < 1.29 is 4.79 Å². The first-order chi connectivity index (χ1) is 14.1. The largest absolute Gasteiger partial charge is 0.342 e. The van der Waals surface area contributed by atoms with E-state index in [1.807, 2.05) is 4.90 Å². The lowest BCUT2D eigenvalue weighted by molar-refractivity contribution is -0.134. The number of fused-ring (bicyclic) bond motifs is 1. The summed E-state index contributed by atoms with van der Waals surface area (Å²) in [4.78, 5) is 39.1. The van der Waals surface area contributed by atoms with Gasteiger partial charge in [-0.2, -0.15) is 0 Å². The SMILES string of the molecule is C[C@@H]1C[C@@H]1C(=O)N1CCC[C@H](c2nc3c(c(=O)[nH]2)CN(Cc2cccs2)CC3)C1. The van der Waals surface area contributed by atoms with Gasteiger partial charge in [0.25, 0.3) is 5.56 Å². The first kappa shape index (κ1) is 19.0. The van der Waals surface area contributed by atoms with E-state index in [2.05, 4.69) is 34.3 Å². The monoisotopic (exact) mass is 412 g/mol. The fraction of sp³-hybridized carbons (Fsp3) is 0.591. The van der Waals surface area contributed by atoms with Crippen molar-refractivity contribution in [1.82, 2.24) is 19.8 Å². The molecule has 0 spiro atoms.